The maximum absolute atomic E-state index is 13.2. The van der Waals surface area contributed by atoms with Crippen molar-refractivity contribution in [3.8, 4) is 5.75 Å². The summed E-state index contributed by atoms with van der Waals surface area (Å²) in [6, 6.07) is 24.3. The van der Waals surface area contributed by atoms with E-state index in [1.165, 1.54) is 28.3 Å². The first-order valence-corrected chi connectivity index (χ1v) is 14.8. The summed E-state index contributed by atoms with van der Waals surface area (Å²) in [5, 5.41) is -0.553. The van der Waals surface area contributed by atoms with Gasteiger partial charge in [0.05, 0.1) is 12.8 Å². The Kier molecular flexibility index (Phi) is 9.28. The van der Waals surface area contributed by atoms with E-state index < -0.39 is 5.25 Å². The largest absolute Gasteiger partial charge is 0.496 e. The molecule has 1 atom stereocenters. The maximum Gasteiger partial charge on any atom is 0.247 e. The number of methoxy groups -OCH3 is 1. The lowest BCUT2D eigenvalue weighted by molar-refractivity contribution is -0.121. The fourth-order valence-corrected chi connectivity index (χ4v) is 6.47. The zero-order chi connectivity index (χ0) is 28.8. The van der Waals surface area contributed by atoms with E-state index in [2.05, 4.69) is 34.1 Å². The molecule has 3 aromatic carbocycles. The average molecular weight is 586 g/mol. The molecular weight excluding hydrogens is 555 g/mol. The summed E-state index contributed by atoms with van der Waals surface area (Å²) in [6.45, 7) is 4.26. The monoisotopic (exact) mass is 585 g/mol. The average Bonchev–Trinajstić information content (AvgIpc) is 3.28. The topological polar surface area (TPSA) is 70.2 Å². The molecule has 9 heteroatoms. The molecule has 3 aromatic rings. The Bertz CT molecular complexity index is 1450. The second-order valence-corrected chi connectivity index (χ2v) is 11.7. The molecule has 0 saturated carbocycles. The van der Waals surface area contributed by atoms with Gasteiger partial charge in [-0.25, -0.2) is 4.90 Å². The number of hydrogen-bond donors (Lipinski definition) is 0. The molecule has 41 heavy (non-hydrogen) atoms. The SMILES string of the molecule is COc1ccccc1/C=C/C(=O)c1ccc(N2C(=O)C[C@@H](SC(=S)N3CCN(Cc4ccccc4)CC3)C2=O)cc1. The van der Waals surface area contributed by atoms with Gasteiger partial charge in [0.1, 0.15) is 15.3 Å². The lowest BCUT2D eigenvalue weighted by Crippen LogP contribution is -2.47. The molecule has 2 amide bonds. The summed E-state index contributed by atoms with van der Waals surface area (Å²) in [6.07, 6.45) is 3.28. The Morgan fingerprint density at radius 2 is 1.63 bits per heavy atom. The molecule has 0 N–H and O–H groups in total. The summed E-state index contributed by atoms with van der Waals surface area (Å²) in [7, 11) is 1.58. The summed E-state index contributed by atoms with van der Waals surface area (Å²) >= 11 is 6.98. The van der Waals surface area contributed by atoms with Crippen LogP contribution in [0.5, 0.6) is 5.75 Å². The molecule has 0 bridgehead atoms. The molecule has 0 aromatic heterocycles. The molecule has 0 aliphatic carbocycles. The Balaban J connectivity index is 1.15. The van der Waals surface area contributed by atoms with E-state index in [4.69, 9.17) is 17.0 Å². The van der Waals surface area contributed by atoms with Gasteiger partial charge in [0.2, 0.25) is 11.8 Å². The second kappa shape index (κ2) is 13.2. The van der Waals surface area contributed by atoms with Crippen LogP contribution in [0.2, 0.25) is 0 Å². The third-order valence-corrected chi connectivity index (χ3v) is 8.85. The highest BCUT2D eigenvalue weighted by molar-refractivity contribution is 8.23. The Hall–Kier alpha value is -3.79. The number of carbonyl (C=O) groups excluding carboxylic acids is 3. The van der Waals surface area contributed by atoms with E-state index in [0.717, 1.165) is 38.3 Å². The third-order valence-electron chi connectivity index (χ3n) is 7.19. The summed E-state index contributed by atoms with van der Waals surface area (Å²) in [5.41, 5.74) is 2.99. The molecule has 0 radical (unpaired) electrons. The van der Waals surface area contributed by atoms with Gasteiger partial charge in [0.15, 0.2) is 5.78 Å². The van der Waals surface area contributed by atoms with Crippen molar-refractivity contribution in [2.24, 2.45) is 0 Å². The van der Waals surface area contributed by atoms with Crippen molar-refractivity contribution in [1.29, 1.82) is 0 Å². The molecule has 7 nitrogen and oxygen atoms in total. The fourth-order valence-electron chi connectivity index (χ4n) is 4.93. The van der Waals surface area contributed by atoms with Crippen LogP contribution in [0.15, 0.2) is 84.9 Å². The van der Waals surface area contributed by atoms with Crippen molar-refractivity contribution in [2.75, 3.05) is 38.2 Å². The molecule has 2 saturated heterocycles. The molecule has 2 aliphatic heterocycles. The molecule has 0 unspecified atom stereocenters. The van der Waals surface area contributed by atoms with Crippen LogP contribution in [0.3, 0.4) is 0 Å². The summed E-state index contributed by atoms with van der Waals surface area (Å²) in [5.74, 6) is -0.0577. The van der Waals surface area contributed by atoms with Gasteiger partial charge in [-0.05, 0) is 48.0 Å². The molecule has 2 heterocycles. The van der Waals surface area contributed by atoms with Gasteiger partial charge >= 0.3 is 0 Å². The van der Waals surface area contributed by atoms with Gasteiger partial charge in [0.25, 0.3) is 0 Å². The van der Waals surface area contributed by atoms with Crippen LogP contribution in [-0.4, -0.2) is 70.3 Å². The number of para-hydroxylation sites is 1. The maximum atomic E-state index is 13.2. The van der Waals surface area contributed by atoms with Crippen LogP contribution >= 0.6 is 24.0 Å². The number of piperazine rings is 1. The number of rotatable bonds is 8. The first-order chi connectivity index (χ1) is 19.9. The minimum atomic E-state index is -0.553. The Labute approximate surface area is 249 Å². The third kappa shape index (κ3) is 6.93. The quantitative estimate of drug-likeness (QED) is 0.157. The number of amides is 2. The van der Waals surface area contributed by atoms with Crippen molar-refractivity contribution in [1.82, 2.24) is 9.80 Å². The van der Waals surface area contributed by atoms with Gasteiger partial charge in [0, 0.05) is 50.3 Å². The summed E-state index contributed by atoms with van der Waals surface area (Å²) in [4.78, 5) is 44.5. The normalized spacial score (nSPS) is 17.8. The number of imide groups is 1. The number of anilines is 1. The van der Waals surface area contributed by atoms with Crippen LogP contribution in [0.1, 0.15) is 27.9 Å². The second-order valence-electron chi connectivity index (χ2n) is 9.88. The molecule has 5 rings (SSSR count). The number of carbonyl (C=O) groups is 3. The van der Waals surface area contributed by atoms with Gasteiger partial charge in [-0.1, -0.05) is 72.5 Å². The first kappa shape index (κ1) is 28.7. The van der Waals surface area contributed by atoms with E-state index >= 15 is 0 Å². The lowest BCUT2D eigenvalue weighted by Gasteiger charge is -2.36. The van der Waals surface area contributed by atoms with Crippen molar-refractivity contribution >= 4 is 57.7 Å². The number of ketones is 1. The highest BCUT2D eigenvalue weighted by Crippen LogP contribution is 2.32. The number of nitrogens with zero attached hydrogens (tertiary/aromatic N) is 3. The highest BCUT2D eigenvalue weighted by atomic mass is 32.2. The predicted molar refractivity (Wildman–Crippen MR) is 167 cm³/mol. The number of thiocarbonyl (C=S) groups is 1. The molecular formula is C32H31N3O4S2. The predicted octanol–water partition coefficient (Wildman–Crippen LogP) is 5.06. The number of allylic oxidation sites excluding steroid dienone is 1. The number of hydrogen-bond acceptors (Lipinski definition) is 7. The van der Waals surface area contributed by atoms with Crippen LogP contribution in [0.25, 0.3) is 6.08 Å². The van der Waals surface area contributed by atoms with E-state index in [1.54, 1.807) is 37.5 Å². The molecule has 0 spiro atoms. The summed E-state index contributed by atoms with van der Waals surface area (Å²) < 4.78 is 5.97. The van der Waals surface area contributed by atoms with Crippen molar-refractivity contribution < 1.29 is 19.1 Å². The van der Waals surface area contributed by atoms with Crippen LogP contribution in [-0.2, 0) is 16.1 Å². The van der Waals surface area contributed by atoms with Crippen LogP contribution < -0.4 is 9.64 Å². The van der Waals surface area contributed by atoms with Crippen LogP contribution in [0, 0.1) is 0 Å². The van der Waals surface area contributed by atoms with Gasteiger partial charge < -0.3 is 9.64 Å². The van der Waals surface area contributed by atoms with E-state index in [-0.39, 0.29) is 24.0 Å². The van der Waals surface area contributed by atoms with Gasteiger partial charge in [-0.15, -0.1) is 0 Å². The van der Waals surface area contributed by atoms with Gasteiger partial charge in [-0.2, -0.15) is 0 Å². The van der Waals surface area contributed by atoms with Crippen molar-refractivity contribution in [2.45, 2.75) is 18.2 Å². The van der Waals surface area contributed by atoms with Crippen molar-refractivity contribution in [3.63, 3.8) is 0 Å². The van der Waals surface area contributed by atoms with E-state index in [0.29, 0.717) is 21.3 Å². The first-order valence-electron chi connectivity index (χ1n) is 13.5. The zero-order valence-corrected chi connectivity index (χ0v) is 24.4. The number of thioether (sulfide) groups is 1. The number of benzene rings is 3. The van der Waals surface area contributed by atoms with E-state index in [1.807, 2.05) is 30.3 Å². The van der Waals surface area contributed by atoms with E-state index in [9.17, 15) is 14.4 Å². The Morgan fingerprint density at radius 1 is 0.951 bits per heavy atom. The molecule has 2 fully saturated rings. The van der Waals surface area contributed by atoms with Gasteiger partial charge in [-0.3, -0.25) is 19.3 Å². The smallest absolute Gasteiger partial charge is 0.247 e. The number of ether oxygens (including phenoxy) is 1. The molecule has 210 valence electrons. The van der Waals surface area contributed by atoms with Crippen molar-refractivity contribution in [3.05, 3.63) is 102 Å². The zero-order valence-electron chi connectivity index (χ0n) is 22.8. The minimum absolute atomic E-state index is 0.0972. The molecule has 2 aliphatic rings. The highest BCUT2D eigenvalue weighted by Gasteiger charge is 2.41. The Morgan fingerprint density at radius 3 is 2.34 bits per heavy atom. The van der Waals surface area contributed by atoms with Crippen LogP contribution in [0.4, 0.5) is 5.69 Å². The fraction of sp³-hybridized carbons (Fsp3) is 0.250. The lowest BCUT2D eigenvalue weighted by atomic mass is 10.1. The minimum Gasteiger partial charge on any atom is -0.496 e. The standard InChI is InChI=1S/C32H31N3O4S2/c1-39-28-10-6-5-9-25(28)13-16-27(36)24-11-14-26(15-12-24)35-30(37)21-29(31(35)38)41-32(40)34-19-17-33(18-20-34)22-23-7-3-2-4-8-23/h2-16,29H,17-22H2,1H3/b16-13+/t29-/m1/s1.